The molecule has 0 spiro atoms. The first-order valence-electron chi connectivity index (χ1n) is 9.18. The van der Waals surface area contributed by atoms with E-state index in [9.17, 15) is 13.2 Å². The lowest BCUT2D eigenvalue weighted by Crippen LogP contribution is -2.40. The minimum Gasteiger partial charge on any atom is -0.451 e. The minimum atomic E-state index is -3.15. The second-order valence-electron chi connectivity index (χ2n) is 7.32. The Labute approximate surface area is 182 Å². The van der Waals surface area contributed by atoms with Gasteiger partial charge in [0.2, 0.25) is 0 Å². The van der Waals surface area contributed by atoms with Crippen LogP contribution >= 0.6 is 27.5 Å². The second-order valence-corrected chi connectivity index (χ2v) is 10.9. The highest BCUT2D eigenvalue weighted by atomic mass is 79.9. The predicted molar refractivity (Wildman–Crippen MR) is 117 cm³/mol. The number of aryl methyl sites for hydroxylation is 1. The van der Waals surface area contributed by atoms with Gasteiger partial charge in [-0.1, -0.05) is 39.7 Å². The Balaban J connectivity index is 1.74. The number of carbonyl (C=O) groups is 1. The lowest BCUT2D eigenvalue weighted by Gasteiger charge is -2.28. The molecule has 0 radical (unpaired) electrons. The standard InChI is InChI=1S/C21H19BrClNO4S/c1-13-18-10-16(23)5-6-19(18)28-20(13)21(25)24(17-7-8-29(26,27)12-17)11-14-3-2-4-15(22)9-14/h2-6,9-10,17H,7-8,11-12H2,1H3/t17-/m0/s1. The van der Waals surface area contributed by atoms with E-state index in [-0.39, 0.29) is 29.2 Å². The van der Waals surface area contributed by atoms with Crippen LogP contribution < -0.4 is 0 Å². The van der Waals surface area contributed by atoms with E-state index in [2.05, 4.69) is 15.9 Å². The molecule has 8 heteroatoms. The van der Waals surface area contributed by atoms with E-state index in [1.54, 1.807) is 23.1 Å². The van der Waals surface area contributed by atoms with Crippen molar-refractivity contribution in [2.45, 2.75) is 25.9 Å². The number of rotatable bonds is 4. The van der Waals surface area contributed by atoms with Gasteiger partial charge in [0.25, 0.3) is 5.91 Å². The Bertz CT molecular complexity index is 1200. The van der Waals surface area contributed by atoms with Crippen LogP contribution in [0.1, 0.15) is 28.1 Å². The van der Waals surface area contributed by atoms with Crippen molar-refractivity contribution in [1.82, 2.24) is 4.90 Å². The maximum Gasteiger partial charge on any atom is 0.290 e. The maximum atomic E-state index is 13.5. The molecule has 3 aromatic rings. The van der Waals surface area contributed by atoms with Gasteiger partial charge in [-0.25, -0.2) is 8.42 Å². The summed E-state index contributed by atoms with van der Waals surface area (Å²) in [5.41, 5.74) is 2.19. The van der Waals surface area contributed by atoms with Crippen LogP contribution in [-0.2, 0) is 16.4 Å². The molecule has 1 aliphatic heterocycles. The molecule has 152 valence electrons. The van der Waals surface area contributed by atoms with Crippen molar-refractivity contribution in [1.29, 1.82) is 0 Å². The number of fused-ring (bicyclic) bond motifs is 1. The molecule has 0 bridgehead atoms. The Kier molecular flexibility index (Phi) is 5.48. The number of carbonyl (C=O) groups excluding carboxylic acids is 1. The summed E-state index contributed by atoms with van der Waals surface area (Å²) < 4.78 is 30.9. The van der Waals surface area contributed by atoms with E-state index in [0.29, 0.717) is 29.1 Å². The molecule has 1 saturated heterocycles. The minimum absolute atomic E-state index is 0.0299. The van der Waals surface area contributed by atoms with Gasteiger partial charge in [-0.3, -0.25) is 4.79 Å². The van der Waals surface area contributed by atoms with Crippen molar-refractivity contribution in [3.8, 4) is 0 Å². The van der Waals surface area contributed by atoms with Crippen molar-refractivity contribution in [3.05, 3.63) is 68.8 Å². The van der Waals surface area contributed by atoms with E-state index >= 15 is 0 Å². The monoisotopic (exact) mass is 495 g/mol. The number of furan rings is 1. The molecule has 0 saturated carbocycles. The van der Waals surface area contributed by atoms with Crippen molar-refractivity contribution in [2.24, 2.45) is 0 Å². The first kappa shape index (κ1) is 20.4. The van der Waals surface area contributed by atoms with Crippen LogP contribution in [0.15, 0.2) is 51.4 Å². The van der Waals surface area contributed by atoms with Crippen LogP contribution in [0.5, 0.6) is 0 Å². The molecule has 0 unspecified atom stereocenters. The molecule has 2 heterocycles. The van der Waals surface area contributed by atoms with Gasteiger partial charge in [-0.2, -0.15) is 0 Å². The number of nitrogens with zero attached hydrogens (tertiary/aromatic N) is 1. The molecule has 0 N–H and O–H groups in total. The molecule has 2 aromatic carbocycles. The molecule has 29 heavy (non-hydrogen) atoms. The summed E-state index contributed by atoms with van der Waals surface area (Å²) in [4.78, 5) is 15.1. The van der Waals surface area contributed by atoms with Crippen LogP contribution in [0, 0.1) is 6.92 Å². The van der Waals surface area contributed by atoms with Crippen molar-refractivity contribution < 1.29 is 17.6 Å². The molecule has 1 aromatic heterocycles. The fourth-order valence-corrected chi connectivity index (χ4v) is 6.10. The summed E-state index contributed by atoms with van der Waals surface area (Å²) in [6.07, 6.45) is 0.424. The van der Waals surface area contributed by atoms with Gasteiger partial charge in [-0.05, 0) is 49.2 Å². The third-order valence-corrected chi connectivity index (χ3v) is 7.72. The zero-order valence-corrected chi connectivity index (χ0v) is 18.9. The van der Waals surface area contributed by atoms with Gasteiger partial charge in [0.15, 0.2) is 15.6 Å². The highest BCUT2D eigenvalue weighted by Gasteiger charge is 2.36. The van der Waals surface area contributed by atoms with Gasteiger partial charge in [0.1, 0.15) is 5.58 Å². The van der Waals surface area contributed by atoms with Crippen molar-refractivity contribution in [2.75, 3.05) is 11.5 Å². The van der Waals surface area contributed by atoms with Crippen LogP contribution in [0.2, 0.25) is 5.02 Å². The molecule has 0 aliphatic carbocycles. The summed E-state index contributed by atoms with van der Waals surface area (Å²) in [6, 6.07) is 12.5. The molecule has 1 aliphatic rings. The summed E-state index contributed by atoms with van der Waals surface area (Å²) in [5, 5.41) is 1.34. The van der Waals surface area contributed by atoms with Gasteiger partial charge < -0.3 is 9.32 Å². The lowest BCUT2D eigenvalue weighted by molar-refractivity contribution is 0.0649. The summed E-state index contributed by atoms with van der Waals surface area (Å²) in [7, 11) is -3.15. The predicted octanol–water partition coefficient (Wildman–Crippen LogP) is 4.99. The third kappa shape index (κ3) is 4.22. The Hall–Kier alpha value is -1.83. The molecular formula is C21H19BrClNO4S. The average molecular weight is 497 g/mol. The highest BCUT2D eigenvalue weighted by Crippen LogP contribution is 2.31. The first-order valence-corrected chi connectivity index (χ1v) is 12.2. The quantitative estimate of drug-likeness (QED) is 0.510. The Morgan fingerprint density at radius 1 is 1.28 bits per heavy atom. The van der Waals surface area contributed by atoms with Crippen LogP contribution in [0.3, 0.4) is 0 Å². The van der Waals surface area contributed by atoms with Crippen LogP contribution in [0.4, 0.5) is 0 Å². The SMILES string of the molecule is Cc1c(C(=O)N(Cc2cccc(Br)c2)[C@H]2CCS(=O)(=O)C2)oc2ccc(Cl)cc12. The fourth-order valence-electron chi connectivity index (χ4n) is 3.75. The largest absolute Gasteiger partial charge is 0.451 e. The van der Waals surface area contributed by atoms with Crippen molar-refractivity contribution in [3.63, 3.8) is 0 Å². The topological polar surface area (TPSA) is 67.6 Å². The van der Waals surface area contributed by atoms with Crippen LogP contribution in [-0.4, -0.2) is 36.8 Å². The van der Waals surface area contributed by atoms with E-state index < -0.39 is 9.84 Å². The van der Waals surface area contributed by atoms with Gasteiger partial charge >= 0.3 is 0 Å². The lowest BCUT2D eigenvalue weighted by atomic mass is 10.1. The third-order valence-electron chi connectivity index (χ3n) is 5.24. The smallest absolute Gasteiger partial charge is 0.290 e. The maximum absolute atomic E-state index is 13.5. The molecule has 4 rings (SSSR count). The normalized spacial score (nSPS) is 18.2. The summed E-state index contributed by atoms with van der Waals surface area (Å²) in [6.45, 7) is 2.12. The van der Waals surface area contributed by atoms with E-state index in [4.69, 9.17) is 16.0 Å². The molecular weight excluding hydrogens is 478 g/mol. The summed E-state index contributed by atoms with van der Waals surface area (Å²) in [5.74, 6) is -0.0228. The van der Waals surface area contributed by atoms with E-state index in [0.717, 1.165) is 15.4 Å². The Morgan fingerprint density at radius 2 is 2.07 bits per heavy atom. The number of hydrogen-bond donors (Lipinski definition) is 0. The van der Waals surface area contributed by atoms with Crippen molar-refractivity contribution >= 4 is 54.2 Å². The van der Waals surface area contributed by atoms with Gasteiger partial charge in [0.05, 0.1) is 11.5 Å². The Morgan fingerprint density at radius 3 is 2.76 bits per heavy atom. The number of halogens is 2. The van der Waals surface area contributed by atoms with Gasteiger partial charge in [-0.15, -0.1) is 0 Å². The molecule has 5 nitrogen and oxygen atoms in total. The summed E-state index contributed by atoms with van der Waals surface area (Å²) >= 11 is 9.54. The zero-order valence-electron chi connectivity index (χ0n) is 15.7. The number of benzene rings is 2. The number of hydrogen-bond acceptors (Lipinski definition) is 4. The van der Waals surface area contributed by atoms with Crippen LogP contribution in [0.25, 0.3) is 11.0 Å². The second kappa shape index (κ2) is 7.78. The first-order chi connectivity index (χ1) is 13.7. The molecule has 1 atom stereocenters. The molecule has 1 fully saturated rings. The average Bonchev–Trinajstić information content (AvgIpc) is 3.19. The zero-order chi connectivity index (χ0) is 20.8. The number of sulfone groups is 1. The highest BCUT2D eigenvalue weighted by molar-refractivity contribution is 9.10. The molecule has 1 amide bonds. The van der Waals surface area contributed by atoms with E-state index in [1.165, 1.54) is 0 Å². The fraction of sp³-hybridized carbons (Fsp3) is 0.286. The van der Waals surface area contributed by atoms with E-state index in [1.807, 2.05) is 31.2 Å². The van der Waals surface area contributed by atoms with Gasteiger partial charge in [0, 0.05) is 33.0 Å². The number of amides is 1.